The molecule has 204 valence electrons. The molecule has 0 aliphatic carbocycles. The average molecular weight is 513 g/mol. The predicted molar refractivity (Wildman–Crippen MR) is 144 cm³/mol. The van der Waals surface area contributed by atoms with Gasteiger partial charge in [-0.3, -0.25) is 14.5 Å². The van der Waals surface area contributed by atoms with Gasteiger partial charge in [0.15, 0.2) is 5.96 Å². The third-order valence-corrected chi connectivity index (χ3v) is 7.87. The molecule has 4 unspecified atom stereocenters. The number of carbonyl (C=O) groups is 2. The van der Waals surface area contributed by atoms with Crippen LogP contribution in [0.25, 0.3) is 0 Å². The summed E-state index contributed by atoms with van der Waals surface area (Å²) in [5.74, 6) is 1.31. The largest absolute Gasteiger partial charge is 0.487 e. The number of aliphatic imine (C=N–C) groups is 1. The number of benzene rings is 1. The van der Waals surface area contributed by atoms with Crippen LogP contribution in [-0.2, 0) is 20.7 Å². The number of carbonyl (C=O) groups excluding carboxylic acids is 2. The molecule has 0 spiro atoms. The molecule has 5 heterocycles. The Bertz CT molecular complexity index is 1010. The first-order valence-corrected chi connectivity index (χ1v) is 14.1. The van der Waals surface area contributed by atoms with Crippen LogP contribution in [0.1, 0.15) is 96.2 Å². The van der Waals surface area contributed by atoms with Crippen molar-refractivity contribution in [3.63, 3.8) is 0 Å². The second kappa shape index (κ2) is 11.8. The van der Waals surface area contributed by atoms with Crippen LogP contribution in [0.3, 0.4) is 0 Å². The monoisotopic (exact) mass is 512 g/mol. The number of nitrogens with one attached hydrogen (secondary N) is 1. The molecule has 0 saturated carbocycles. The van der Waals surface area contributed by atoms with E-state index in [4.69, 9.17) is 20.2 Å². The van der Waals surface area contributed by atoms with E-state index in [1.807, 2.05) is 19.9 Å². The molecule has 1 aromatic rings. The van der Waals surface area contributed by atoms with Gasteiger partial charge >= 0.3 is 0 Å². The molecule has 5 aliphatic heterocycles. The minimum Gasteiger partial charge on any atom is -0.487 e. The molecule has 4 bridgehead atoms. The third-order valence-electron chi connectivity index (χ3n) is 7.87. The molecule has 0 aromatic heterocycles. The van der Waals surface area contributed by atoms with Crippen molar-refractivity contribution in [2.45, 2.75) is 109 Å². The van der Waals surface area contributed by atoms with Crippen molar-refractivity contribution >= 4 is 17.8 Å². The fraction of sp³-hybridized carbons (Fsp3) is 0.690. The summed E-state index contributed by atoms with van der Waals surface area (Å²) >= 11 is 0. The second-order valence-electron chi connectivity index (χ2n) is 11.1. The van der Waals surface area contributed by atoms with Gasteiger partial charge in [0.2, 0.25) is 11.8 Å². The van der Waals surface area contributed by atoms with Crippen molar-refractivity contribution in [3.05, 3.63) is 29.3 Å². The quantitative estimate of drug-likeness (QED) is 0.540. The Morgan fingerprint density at radius 2 is 1.92 bits per heavy atom. The molecule has 4 atom stereocenters. The number of rotatable bonds is 0. The maximum Gasteiger partial charge on any atom is 0.231 e. The fourth-order valence-electron chi connectivity index (χ4n) is 6.13. The number of hydrogen-bond donors (Lipinski definition) is 2. The van der Waals surface area contributed by atoms with Crippen molar-refractivity contribution < 1.29 is 19.1 Å². The van der Waals surface area contributed by atoms with E-state index in [0.717, 1.165) is 43.4 Å². The van der Waals surface area contributed by atoms with Gasteiger partial charge in [0, 0.05) is 43.4 Å². The van der Waals surface area contributed by atoms with Gasteiger partial charge in [0.05, 0.1) is 18.7 Å². The lowest BCUT2D eigenvalue weighted by Gasteiger charge is -2.41. The predicted octanol–water partition coefficient (Wildman–Crippen LogP) is 4.26. The van der Waals surface area contributed by atoms with E-state index in [0.29, 0.717) is 44.9 Å². The normalized spacial score (nSPS) is 29.8. The van der Waals surface area contributed by atoms with Gasteiger partial charge in [-0.05, 0) is 57.6 Å². The first-order chi connectivity index (χ1) is 17.8. The van der Waals surface area contributed by atoms with E-state index in [1.54, 1.807) is 4.90 Å². The topological polar surface area (TPSA) is 106 Å². The van der Waals surface area contributed by atoms with Gasteiger partial charge in [-0.2, -0.15) is 0 Å². The van der Waals surface area contributed by atoms with Crippen LogP contribution in [0.15, 0.2) is 23.2 Å². The Morgan fingerprint density at radius 1 is 1.11 bits per heavy atom. The van der Waals surface area contributed by atoms with Gasteiger partial charge in [-0.25, -0.2) is 4.99 Å². The number of ether oxygens (including phenoxy) is 2. The summed E-state index contributed by atoms with van der Waals surface area (Å²) in [6, 6.07) is 6.17. The highest BCUT2D eigenvalue weighted by Crippen LogP contribution is 2.40. The third kappa shape index (κ3) is 6.46. The maximum absolute atomic E-state index is 13.1. The molecule has 8 nitrogen and oxygen atoms in total. The SMILES string of the molecule is CC.CC1(C)CC2NC(=O)CCC3COCCC3N3C(=O)CC(CCCCc4ccc(c2c4)O1)N=C3N. The number of fused-ring (bicyclic) bond motifs is 7. The molecule has 1 aromatic carbocycles. The summed E-state index contributed by atoms with van der Waals surface area (Å²) in [6.45, 7) is 9.24. The number of aryl methyl sites for hydroxylation is 1. The second-order valence-corrected chi connectivity index (χ2v) is 11.1. The van der Waals surface area contributed by atoms with Crippen LogP contribution in [0.2, 0.25) is 0 Å². The summed E-state index contributed by atoms with van der Waals surface area (Å²) in [5.41, 5.74) is 8.30. The number of hydrogen-bond acceptors (Lipinski definition) is 6. The molecule has 0 radical (unpaired) electrons. The van der Waals surface area contributed by atoms with Crippen LogP contribution < -0.4 is 15.8 Å². The van der Waals surface area contributed by atoms with E-state index in [1.165, 1.54) is 5.56 Å². The number of nitrogens with zero attached hydrogens (tertiary/aromatic N) is 2. The van der Waals surface area contributed by atoms with Crippen molar-refractivity contribution in [1.82, 2.24) is 10.2 Å². The van der Waals surface area contributed by atoms with Gasteiger partial charge in [-0.1, -0.05) is 32.4 Å². The summed E-state index contributed by atoms with van der Waals surface area (Å²) in [5, 5.41) is 3.28. The summed E-state index contributed by atoms with van der Waals surface area (Å²) in [6.07, 6.45) is 6.63. The van der Waals surface area contributed by atoms with Crippen LogP contribution in [-0.4, -0.2) is 53.6 Å². The Labute approximate surface area is 221 Å². The number of guanidine groups is 1. The van der Waals surface area contributed by atoms with E-state index in [2.05, 4.69) is 31.3 Å². The molecule has 3 N–H and O–H groups in total. The van der Waals surface area contributed by atoms with Crippen LogP contribution in [0, 0.1) is 5.92 Å². The van der Waals surface area contributed by atoms with Gasteiger partial charge in [0.1, 0.15) is 11.4 Å². The van der Waals surface area contributed by atoms with Crippen LogP contribution >= 0.6 is 0 Å². The highest BCUT2D eigenvalue weighted by atomic mass is 16.5. The Balaban J connectivity index is 0.00000156. The molecule has 1 fully saturated rings. The van der Waals surface area contributed by atoms with Gasteiger partial charge < -0.3 is 20.5 Å². The first-order valence-electron chi connectivity index (χ1n) is 14.1. The molecule has 5 aliphatic rings. The summed E-state index contributed by atoms with van der Waals surface area (Å²) < 4.78 is 12.0. The van der Waals surface area contributed by atoms with Crippen molar-refractivity contribution in [2.75, 3.05) is 13.2 Å². The summed E-state index contributed by atoms with van der Waals surface area (Å²) in [7, 11) is 0. The molecule has 1 saturated heterocycles. The molecular formula is C29H44N4O4. The molecular weight excluding hydrogens is 468 g/mol. The standard InChI is InChI=1S/C27H38N4O4.C2H6/c1-27(2)15-21-20-13-17(7-9-23(20)35-27)5-3-4-6-19-14-25(33)31(26(28)29-19)22-11-12-34-16-18(22)8-10-24(32)30-21;1-2/h7,9,13,18-19,21-22H,3-6,8,10-12,14-16H2,1-2H3,(H2,28,29)(H,30,32);1-2H3. The molecule has 8 heteroatoms. The van der Waals surface area contributed by atoms with Crippen molar-refractivity contribution in [2.24, 2.45) is 16.6 Å². The zero-order valence-corrected chi connectivity index (χ0v) is 22.9. The van der Waals surface area contributed by atoms with E-state index < -0.39 is 0 Å². The number of nitrogens with two attached hydrogens (primary N) is 1. The van der Waals surface area contributed by atoms with Crippen LogP contribution in [0.4, 0.5) is 0 Å². The van der Waals surface area contributed by atoms with Crippen LogP contribution in [0.5, 0.6) is 5.75 Å². The zero-order valence-electron chi connectivity index (χ0n) is 22.9. The highest BCUT2D eigenvalue weighted by Gasteiger charge is 2.39. The Morgan fingerprint density at radius 3 is 2.70 bits per heavy atom. The smallest absolute Gasteiger partial charge is 0.231 e. The summed E-state index contributed by atoms with van der Waals surface area (Å²) in [4.78, 5) is 32.7. The van der Waals surface area contributed by atoms with Crippen molar-refractivity contribution in [3.8, 4) is 5.75 Å². The molecule has 2 amide bonds. The van der Waals surface area contributed by atoms with Crippen molar-refractivity contribution in [1.29, 1.82) is 0 Å². The number of amides is 2. The average Bonchev–Trinajstić information content (AvgIpc) is 2.86. The first kappa shape index (κ1) is 27.4. The Kier molecular flexibility index (Phi) is 8.78. The van der Waals surface area contributed by atoms with Gasteiger partial charge in [0.25, 0.3) is 0 Å². The van der Waals surface area contributed by atoms with E-state index in [9.17, 15) is 9.59 Å². The van der Waals surface area contributed by atoms with E-state index in [-0.39, 0.29) is 41.5 Å². The lowest BCUT2D eigenvalue weighted by molar-refractivity contribution is -0.133. The fourth-order valence-corrected chi connectivity index (χ4v) is 6.13. The maximum atomic E-state index is 13.1. The highest BCUT2D eigenvalue weighted by molar-refractivity contribution is 5.99. The zero-order chi connectivity index (χ0) is 26.6. The Hall–Kier alpha value is -2.61. The van der Waals surface area contributed by atoms with Gasteiger partial charge in [-0.15, -0.1) is 0 Å². The molecule has 6 rings (SSSR count). The lowest BCUT2D eigenvalue weighted by atomic mass is 9.87. The minimum absolute atomic E-state index is 0.0150. The molecule has 37 heavy (non-hydrogen) atoms. The van der Waals surface area contributed by atoms with E-state index >= 15 is 0 Å². The lowest BCUT2D eigenvalue weighted by Crippen LogP contribution is -2.56. The minimum atomic E-state index is -0.352.